The minimum atomic E-state index is -0.684. The van der Waals surface area contributed by atoms with Gasteiger partial charge in [0.15, 0.2) is 0 Å². The summed E-state index contributed by atoms with van der Waals surface area (Å²) in [4.78, 5) is 23.4. The van der Waals surface area contributed by atoms with Gasteiger partial charge in [-0.3, -0.25) is 9.59 Å². The molecule has 3 N–H and O–H groups in total. The molecule has 0 radical (unpaired) electrons. The van der Waals surface area contributed by atoms with Gasteiger partial charge in [0.05, 0.1) is 11.7 Å². The van der Waals surface area contributed by atoms with E-state index in [1.54, 1.807) is 0 Å². The molecule has 6 heteroatoms. The third-order valence-corrected chi connectivity index (χ3v) is 4.11. The molecule has 120 valence electrons. The molecule has 1 heterocycles. The highest BCUT2D eigenvalue weighted by atomic mass is 19.1. The Hall–Kier alpha value is -1.95. The number of hydrogen-bond acceptors (Lipinski definition) is 3. The molecule has 0 aliphatic carbocycles. The van der Waals surface area contributed by atoms with Crippen LogP contribution < -0.4 is 10.6 Å². The molecule has 0 spiro atoms. The standard InChI is InChI=1S/C16H21FN2O3/c1-3-9(2)14(20)8-18-16(22)11-6-10-4-5-15(21)19-13(10)7-12(11)17/h6-7,9,14,20H,3-5,8H2,1-2H3,(H,18,22)(H,19,21). The van der Waals surface area contributed by atoms with Crippen LogP contribution in [0, 0.1) is 11.7 Å². The largest absolute Gasteiger partial charge is 0.391 e. The molecule has 22 heavy (non-hydrogen) atoms. The topological polar surface area (TPSA) is 78.4 Å². The number of rotatable bonds is 5. The second-order valence-corrected chi connectivity index (χ2v) is 5.70. The number of carbonyl (C=O) groups is 2. The number of nitrogens with one attached hydrogen (secondary N) is 2. The van der Waals surface area contributed by atoms with E-state index in [0.717, 1.165) is 12.0 Å². The van der Waals surface area contributed by atoms with Crippen LogP contribution in [0.4, 0.5) is 10.1 Å². The molecule has 5 nitrogen and oxygen atoms in total. The van der Waals surface area contributed by atoms with Crippen molar-refractivity contribution in [2.45, 2.75) is 39.2 Å². The van der Waals surface area contributed by atoms with Crippen LogP contribution in [0.2, 0.25) is 0 Å². The van der Waals surface area contributed by atoms with Crippen molar-refractivity contribution in [2.75, 3.05) is 11.9 Å². The van der Waals surface area contributed by atoms with Gasteiger partial charge < -0.3 is 15.7 Å². The second-order valence-electron chi connectivity index (χ2n) is 5.70. The van der Waals surface area contributed by atoms with Gasteiger partial charge in [-0.1, -0.05) is 20.3 Å². The number of aliphatic hydroxyl groups excluding tert-OH is 1. The fourth-order valence-corrected chi connectivity index (χ4v) is 2.34. The zero-order valence-electron chi connectivity index (χ0n) is 12.8. The highest BCUT2D eigenvalue weighted by Crippen LogP contribution is 2.25. The van der Waals surface area contributed by atoms with E-state index in [2.05, 4.69) is 10.6 Å². The zero-order chi connectivity index (χ0) is 16.3. The Kier molecular flexibility index (Phi) is 5.13. The first-order valence-corrected chi connectivity index (χ1v) is 7.51. The van der Waals surface area contributed by atoms with E-state index in [4.69, 9.17) is 0 Å². The van der Waals surface area contributed by atoms with Crippen molar-refractivity contribution >= 4 is 17.5 Å². The summed E-state index contributed by atoms with van der Waals surface area (Å²) >= 11 is 0. The molecule has 1 aromatic rings. The van der Waals surface area contributed by atoms with Gasteiger partial charge >= 0.3 is 0 Å². The lowest BCUT2D eigenvalue weighted by Gasteiger charge is -2.19. The van der Waals surface area contributed by atoms with E-state index in [0.29, 0.717) is 18.5 Å². The van der Waals surface area contributed by atoms with Gasteiger partial charge in [0.25, 0.3) is 5.91 Å². The first-order chi connectivity index (χ1) is 10.4. The Bertz CT molecular complexity index is 589. The molecule has 2 atom stereocenters. The summed E-state index contributed by atoms with van der Waals surface area (Å²) < 4.78 is 14.0. The third-order valence-electron chi connectivity index (χ3n) is 4.11. The molecule has 0 bridgehead atoms. The van der Waals surface area contributed by atoms with Gasteiger partial charge in [0, 0.05) is 18.7 Å². The zero-order valence-corrected chi connectivity index (χ0v) is 12.8. The van der Waals surface area contributed by atoms with E-state index >= 15 is 0 Å². The Labute approximate surface area is 128 Å². The van der Waals surface area contributed by atoms with Gasteiger partial charge in [-0.25, -0.2) is 4.39 Å². The minimum absolute atomic E-state index is 0.0592. The number of carbonyl (C=O) groups excluding carboxylic acids is 2. The predicted octanol–water partition coefficient (Wildman–Crippen LogP) is 1.85. The van der Waals surface area contributed by atoms with Crippen LogP contribution in [0.15, 0.2) is 12.1 Å². The van der Waals surface area contributed by atoms with Gasteiger partial charge in [-0.2, -0.15) is 0 Å². The lowest BCUT2D eigenvalue weighted by Crippen LogP contribution is -2.35. The Morgan fingerprint density at radius 3 is 2.86 bits per heavy atom. The molecule has 2 amide bonds. The Balaban J connectivity index is 2.09. The predicted molar refractivity (Wildman–Crippen MR) is 81.1 cm³/mol. The van der Waals surface area contributed by atoms with Gasteiger partial charge in [0.2, 0.25) is 5.91 Å². The molecular formula is C16H21FN2O3. The molecule has 0 aromatic heterocycles. The van der Waals surface area contributed by atoms with Crippen molar-refractivity contribution in [2.24, 2.45) is 5.92 Å². The first kappa shape index (κ1) is 16.4. The molecule has 0 saturated heterocycles. The monoisotopic (exact) mass is 308 g/mol. The first-order valence-electron chi connectivity index (χ1n) is 7.51. The number of fused-ring (bicyclic) bond motifs is 1. The fourth-order valence-electron chi connectivity index (χ4n) is 2.34. The summed E-state index contributed by atoms with van der Waals surface area (Å²) in [5.41, 5.74) is 1.10. The smallest absolute Gasteiger partial charge is 0.254 e. The van der Waals surface area contributed by atoms with Crippen molar-refractivity contribution in [3.63, 3.8) is 0 Å². The number of hydrogen-bond donors (Lipinski definition) is 3. The molecule has 2 rings (SSSR count). The molecule has 0 saturated carbocycles. The van der Waals surface area contributed by atoms with Crippen molar-refractivity contribution < 1.29 is 19.1 Å². The van der Waals surface area contributed by atoms with E-state index in [1.807, 2.05) is 13.8 Å². The number of aryl methyl sites for hydroxylation is 1. The SMILES string of the molecule is CCC(C)C(O)CNC(=O)c1cc2c(cc1F)NC(=O)CC2. The maximum Gasteiger partial charge on any atom is 0.254 e. The lowest BCUT2D eigenvalue weighted by atomic mass is 9.99. The van der Waals surface area contributed by atoms with E-state index in [1.165, 1.54) is 12.1 Å². The number of anilines is 1. The minimum Gasteiger partial charge on any atom is -0.391 e. The molecule has 0 fully saturated rings. The van der Waals surface area contributed by atoms with Gasteiger partial charge in [-0.05, 0) is 30.0 Å². The van der Waals surface area contributed by atoms with E-state index in [-0.39, 0.29) is 23.9 Å². The summed E-state index contributed by atoms with van der Waals surface area (Å²) in [5.74, 6) is -1.33. The highest BCUT2D eigenvalue weighted by molar-refractivity contribution is 5.98. The van der Waals surface area contributed by atoms with Crippen molar-refractivity contribution in [3.8, 4) is 0 Å². The lowest BCUT2D eigenvalue weighted by molar-refractivity contribution is -0.116. The Morgan fingerprint density at radius 1 is 1.45 bits per heavy atom. The summed E-state index contributed by atoms with van der Waals surface area (Å²) in [6, 6.07) is 2.64. The van der Waals surface area contributed by atoms with Crippen LogP contribution in [-0.4, -0.2) is 29.6 Å². The quantitative estimate of drug-likeness (QED) is 0.777. The molecule has 1 aliphatic heterocycles. The number of aliphatic hydroxyl groups is 1. The highest BCUT2D eigenvalue weighted by Gasteiger charge is 2.21. The normalized spacial score (nSPS) is 16.5. The van der Waals surface area contributed by atoms with Gasteiger partial charge in [-0.15, -0.1) is 0 Å². The summed E-state index contributed by atoms with van der Waals surface area (Å²) in [5, 5.41) is 15.0. The average molecular weight is 308 g/mol. The van der Waals surface area contributed by atoms with Crippen LogP contribution in [0.3, 0.4) is 0 Å². The summed E-state index contributed by atoms with van der Waals surface area (Å²) in [6.45, 7) is 3.92. The van der Waals surface area contributed by atoms with Crippen LogP contribution in [-0.2, 0) is 11.2 Å². The van der Waals surface area contributed by atoms with Crippen LogP contribution >= 0.6 is 0 Å². The Morgan fingerprint density at radius 2 is 2.18 bits per heavy atom. The fraction of sp³-hybridized carbons (Fsp3) is 0.500. The third kappa shape index (κ3) is 3.62. The van der Waals surface area contributed by atoms with Crippen molar-refractivity contribution in [3.05, 3.63) is 29.1 Å². The van der Waals surface area contributed by atoms with Crippen molar-refractivity contribution in [1.82, 2.24) is 5.32 Å². The van der Waals surface area contributed by atoms with Crippen LogP contribution in [0.1, 0.15) is 42.6 Å². The van der Waals surface area contributed by atoms with E-state index < -0.39 is 17.8 Å². The van der Waals surface area contributed by atoms with E-state index in [9.17, 15) is 19.1 Å². The number of benzene rings is 1. The molecular weight excluding hydrogens is 287 g/mol. The van der Waals surface area contributed by atoms with Gasteiger partial charge in [0.1, 0.15) is 5.82 Å². The summed E-state index contributed by atoms with van der Waals surface area (Å²) in [6.07, 6.45) is 0.946. The maximum atomic E-state index is 14.0. The van der Waals surface area contributed by atoms with Crippen LogP contribution in [0.5, 0.6) is 0 Å². The summed E-state index contributed by atoms with van der Waals surface area (Å²) in [7, 11) is 0. The van der Waals surface area contributed by atoms with Crippen LogP contribution in [0.25, 0.3) is 0 Å². The molecule has 2 unspecified atom stereocenters. The number of amides is 2. The maximum absolute atomic E-state index is 14.0. The van der Waals surface area contributed by atoms with Crippen molar-refractivity contribution in [1.29, 1.82) is 0 Å². The molecule has 1 aliphatic rings. The molecule has 1 aromatic carbocycles. The second kappa shape index (κ2) is 6.87. The number of halogens is 1. The average Bonchev–Trinajstić information content (AvgIpc) is 2.50.